The highest BCUT2D eigenvalue weighted by Gasteiger charge is 2.11. The Balaban J connectivity index is 1.50. The molecule has 138 valence electrons. The topological polar surface area (TPSA) is 63.8 Å². The minimum absolute atomic E-state index is 0.311. The van der Waals surface area contributed by atoms with E-state index >= 15 is 0 Å². The minimum atomic E-state index is -0.311. The van der Waals surface area contributed by atoms with E-state index in [1.54, 1.807) is 18.3 Å². The van der Waals surface area contributed by atoms with Gasteiger partial charge in [-0.3, -0.25) is 4.98 Å². The standard InChI is InChI=1S/C22H17FN4O/c1-14-20(4-3-13-24-14)15(2)25-19-11-7-16(8-12-19)21-26-22(28-27-21)17-5-9-18(23)10-6-17/h3-13,25H,2H2,1H3. The molecule has 28 heavy (non-hydrogen) atoms. The average molecular weight is 372 g/mol. The van der Waals surface area contributed by atoms with E-state index in [2.05, 4.69) is 27.0 Å². The quantitative estimate of drug-likeness (QED) is 0.513. The normalized spacial score (nSPS) is 10.6. The highest BCUT2D eigenvalue weighted by Crippen LogP contribution is 2.25. The Hall–Kier alpha value is -3.80. The first-order chi connectivity index (χ1) is 13.6. The molecule has 4 aromatic rings. The number of hydrogen-bond acceptors (Lipinski definition) is 5. The minimum Gasteiger partial charge on any atom is -0.355 e. The largest absolute Gasteiger partial charge is 0.355 e. The molecule has 0 unspecified atom stereocenters. The van der Waals surface area contributed by atoms with Crippen molar-refractivity contribution in [3.05, 3.63) is 90.5 Å². The van der Waals surface area contributed by atoms with Crippen molar-refractivity contribution < 1.29 is 8.91 Å². The maximum atomic E-state index is 13.0. The molecule has 4 rings (SSSR count). The summed E-state index contributed by atoms with van der Waals surface area (Å²) in [5.74, 6) is 0.500. The Morgan fingerprint density at radius 3 is 2.43 bits per heavy atom. The van der Waals surface area contributed by atoms with Crippen LogP contribution in [-0.2, 0) is 0 Å². The van der Waals surface area contributed by atoms with Gasteiger partial charge >= 0.3 is 0 Å². The molecule has 0 spiro atoms. The molecule has 2 aromatic heterocycles. The van der Waals surface area contributed by atoms with E-state index in [1.807, 2.05) is 43.3 Å². The van der Waals surface area contributed by atoms with Crippen molar-refractivity contribution in [3.63, 3.8) is 0 Å². The van der Waals surface area contributed by atoms with Crippen LogP contribution in [0.4, 0.5) is 10.1 Å². The Morgan fingerprint density at radius 1 is 1.00 bits per heavy atom. The molecule has 0 saturated carbocycles. The molecule has 0 aliphatic rings. The van der Waals surface area contributed by atoms with Crippen molar-refractivity contribution in [1.29, 1.82) is 0 Å². The van der Waals surface area contributed by atoms with E-state index in [1.165, 1.54) is 12.1 Å². The molecular formula is C22H17FN4O. The van der Waals surface area contributed by atoms with Gasteiger partial charge in [-0.05, 0) is 67.6 Å². The second kappa shape index (κ2) is 7.44. The van der Waals surface area contributed by atoms with Crippen LogP contribution in [0.5, 0.6) is 0 Å². The Labute approximate surface area is 161 Å². The lowest BCUT2D eigenvalue weighted by atomic mass is 10.1. The van der Waals surface area contributed by atoms with Gasteiger partial charge in [-0.15, -0.1) is 0 Å². The van der Waals surface area contributed by atoms with Gasteiger partial charge in [-0.25, -0.2) is 4.39 Å². The van der Waals surface area contributed by atoms with Gasteiger partial charge in [0.05, 0.1) is 0 Å². The molecule has 2 heterocycles. The zero-order valence-electron chi connectivity index (χ0n) is 15.2. The fourth-order valence-corrected chi connectivity index (χ4v) is 2.80. The van der Waals surface area contributed by atoms with E-state index in [9.17, 15) is 4.39 Å². The predicted octanol–water partition coefficient (Wildman–Crippen LogP) is 5.33. The van der Waals surface area contributed by atoms with Crippen LogP contribution >= 0.6 is 0 Å². The molecule has 1 N–H and O–H groups in total. The summed E-state index contributed by atoms with van der Waals surface area (Å²) >= 11 is 0. The molecule has 0 amide bonds. The van der Waals surface area contributed by atoms with Crippen molar-refractivity contribution in [1.82, 2.24) is 15.1 Å². The average Bonchev–Trinajstić information content (AvgIpc) is 3.19. The zero-order chi connectivity index (χ0) is 19.5. The molecule has 0 atom stereocenters. The maximum absolute atomic E-state index is 13.0. The van der Waals surface area contributed by atoms with Crippen LogP contribution in [0.15, 0.2) is 78.0 Å². The summed E-state index contributed by atoms with van der Waals surface area (Å²) in [5.41, 5.74) is 5.02. The first-order valence-electron chi connectivity index (χ1n) is 8.68. The number of nitrogens with one attached hydrogen (secondary N) is 1. The van der Waals surface area contributed by atoms with Crippen LogP contribution in [-0.4, -0.2) is 15.1 Å². The lowest BCUT2D eigenvalue weighted by molar-refractivity contribution is 0.432. The van der Waals surface area contributed by atoms with Gasteiger partial charge in [-0.1, -0.05) is 11.7 Å². The summed E-state index contributed by atoms with van der Waals surface area (Å²) in [6.45, 7) is 6.03. The molecule has 0 aliphatic carbocycles. The third-order valence-electron chi connectivity index (χ3n) is 4.29. The first-order valence-corrected chi connectivity index (χ1v) is 8.68. The number of anilines is 1. The van der Waals surface area contributed by atoms with Crippen LogP contribution in [0.1, 0.15) is 11.3 Å². The molecule has 0 fully saturated rings. The second-order valence-corrected chi connectivity index (χ2v) is 6.25. The number of pyridine rings is 1. The molecule has 0 aliphatic heterocycles. The molecule has 6 heteroatoms. The van der Waals surface area contributed by atoms with Crippen LogP contribution < -0.4 is 5.32 Å². The summed E-state index contributed by atoms with van der Waals surface area (Å²) in [4.78, 5) is 8.66. The second-order valence-electron chi connectivity index (χ2n) is 6.25. The highest BCUT2D eigenvalue weighted by molar-refractivity contribution is 5.77. The van der Waals surface area contributed by atoms with Crippen molar-refractivity contribution in [2.75, 3.05) is 5.32 Å². The SMILES string of the molecule is C=C(Nc1ccc(-c2noc(-c3ccc(F)cc3)n2)cc1)c1cccnc1C. The van der Waals surface area contributed by atoms with Crippen molar-refractivity contribution >= 4 is 11.4 Å². The van der Waals surface area contributed by atoms with Gasteiger partial charge in [0, 0.05) is 40.0 Å². The van der Waals surface area contributed by atoms with E-state index < -0.39 is 0 Å². The van der Waals surface area contributed by atoms with E-state index in [4.69, 9.17) is 4.52 Å². The van der Waals surface area contributed by atoms with Gasteiger partial charge in [-0.2, -0.15) is 4.98 Å². The van der Waals surface area contributed by atoms with Crippen molar-refractivity contribution in [3.8, 4) is 22.8 Å². The van der Waals surface area contributed by atoms with Gasteiger partial charge in [0.1, 0.15) is 5.82 Å². The summed E-state index contributed by atoms with van der Waals surface area (Å²) < 4.78 is 18.3. The summed E-state index contributed by atoms with van der Waals surface area (Å²) in [6, 6.07) is 17.4. The van der Waals surface area contributed by atoms with E-state index in [-0.39, 0.29) is 5.82 Å². The number of aryl methyl sites for hydroxylation is 1. The van der Waals surface area contributed by atoms with Crippen LogP contribution in [0, 0.1) is 12.7 Å². The maximum Gasteiger partial charge on any atom is 0.258 e. The smallest absolute Gasteiger partial charge is 0.258 e. The Morgan fingerprint density at radius 2 is 1.71 bits per heavy atom. The lowest BCUT2D eigenvalue weighted by Gasteiger charge is -2.11. The number of rotatable bonds is 5. The van der Waals surface area contributed by atoms with Gasteiger partial charge < -0.3 is 9.84 Å². The number of halogens is 1. The first kappa shape index (κ1) is 17.6. The van der Waals surface area contributed by atoms with E-state index in [0.29, 0.717) is 17.3 Å². The number of aromatic nitrogens is 3. The molecule has 5 nitrogen and oxygen atoms in total. The van der Waals surface area contributed by atoms with Crippen LogP contribution in [0.2, 0.25) is 0 Å². The summed E-state index contributed by atoms with van der Waals surface area (Å²) in [5, 5.41) is 7.29. The van der Waals surface area contributed by atoms with E-state index in [0.717, 1.165) is 28.2 Å². The Bertz CT molecular complexity index is 1120. The van der Waals surface area contributed by atoms with Crippen LogP contribution in [0.3, 0.4) is 0 Å². The third-order valence-corrected chi connectivity index (χ3v) is 4.29. The molecule has 0 radical (unpaired) electrons. The van der Waals surface area contributed by atoms with Crippen molar-refractivity contribution in [2.45, 2.75) is 6.92 Å². The molecule has 0 bridgehead atoms. The zero-order valence-corrected chi connectivity index (χ0v) is 15.2. The fraction of sp³-hybridized carbons (Fsp3) is 0.0455. The van der Waals surface area contributed by atoms with Crippen LogP contribution in [0.25, 0.3) is 28.5 Å². The molecular weight excluding hydrogens is 355 g/mol. The Kier molecular flexibility index (Phi) is 4.68. The van der Waals surface area contributed by atoms with Gasteiger partial charge in [0.2, 0.25) is 5.82 Å². The molecule has 2 aromatic carbocycles. The molecule has 0 saturated heterocycles. The van der Waals surface area contributed by atoms with Gasteiger partial charge in [0.25, 0.3) is 5.89 Å². The lowest BCUT2D eigenvalue weighted by Crippen LogP contribution is -2.00. The van der Waals surface area contributed by atoms with Crippen molar-refractivity contribution in [2.24, 2.45) is 0 Å². The van der Waals surface area contributed by atoms with Gasteiger partial charge in [0.15, 0.2) is 0 Å². The third kappa shape index (κ3) is 3.66. The highest BCUT2D eigenvalue weighted by atomic mass is 19.1. The monoisotopic (exact) mass is 372 g/mol. The number of hydrogen-bond donors (Lipinski definition) is 1. The summed E-state index contributed by atoms with van der Waals surface area (Å²) in [7, 11) is 0. The number of nitrogens with zero attached hydrogens (tertiary/aromatic N) is 3. The predicted molar refractivity (Wildman–Crippen MR) is 107 cm³/mol. The summed E-state index contributed by atoms with van der Waals surface area (Å²) in [6.07, 6.45) is 1.76. The fourth-order valence-electron chi connectivity index (χ4n) is 2.80. The number of benzene rings is 2.